The van der Waals surface area contributed by atoms with Crippen LogP contribution in [-0.4, -0.2) is 72.5 Å². The van der Waals surface area contributed by atoms with Crippen molar-refractivity contribution < 1.29 is 26.4 Å². The van der Waals surface area contributed by atoms with E-state index < -0.39 is 20.0 Å². The molecule has 9 nitrogen and oxygen atoms in total. The Balaban J connectivity index is 1.52. The first-order chi connectivity index (χ1) is 16.3. The third-order valence-corrected chi connectivity index (χ3v) is 9.24. The molecule has 3 rings (SSSR count). The second-order valence-electron chi connectivity index (χ2n) is 8.35. The maximum Gasteiger partial charge on any atom is 0.245 e. The Morgan fingerprint density at radius 3 is 2.26 bits per heavy atom. The highest BCUT2D eigenvalue weighted by Gasteiger charge is 2.27. The summed E-state index contributed by atoms with van der Waals surface area (Å²) in [7, 11) is -8.05. The quantitative estimate of drug-likeness (QED) is 0.497. The molecule has 0 bridgehead atoms. The topological polar surface area (TPSA) is 113 Å². The van der Waals surface area contributed by atoms with Crippen molar-refractivity contribution in [2.75, 3.05) is 42.5 Å². The minimum absolute atomic E-state index is 0.0168. The number of hydrogen-bond donors (Lipinski definition) is 1. The van der Waals surface area contributed by atoms with Crippen LogP contribution < -0.4 is 9.03 Å². The molecule has 1 aliphatic heterocycles. The van der Waals surface area contributed by atoms with E-state index in [9.17, 15) is 21.6 Å². The van der Waals surface area contributed by atoms with Crippen LogP contribution in [0, 0.1) is 0 Å². The number of nitrogens with one attached hydrogen (secondary N) is 1. The Morgan fingerprint density at radius 1 is 1.03 bits per heavy atom. The lowest BCUT2D eigenvalue weighted by molar-refractivity contribution is -0.121. The molecule has 0 spiro atoms. The summed E-state index contributed by atoms with van der Waals surface area (Å²) in [6, 6.07) is 11.3. The fourth-order valence-electron chi connectivity index (χ4n) is 3.78. The summed E-state index contributed by atoms with van der Waals surface area (Å²) in [6.07, 6.45) is 1.51. The van der Waals surface area contributed by atoms with E-state index in [0.29, 0.717) is 45.6 Å². The Kier molecular flexibility index (Phi) is 9.06. The monoisotopic (exact) mass is 563 g/mol. The average Bonchev–Trinajstić information content (AvgIpc) is 2.75. The van der Waals surface area contributed by atoms with Gasteiger partial charge in [0.15, 0.2) is 0 Å². The van der Waals surface area contributed by atoms with Crippen molar-refractivity contribution >= 4 is 54.8 Å². The lowest BCUT2D eigenvalue weighted by atomic mass is 10.1. The molecule has 2 aromatic carbocycles. The summed E-state index contributed by atoms with van der Waals surface area (Å²) < 4.78 is 53.7. The van der Waals surface area contributed by atoms with E-state index in [1.165, 1.54) is 24.3 Å². The van der Waals surface area contributed by atoms with Crippen molar-refractivity contribution in [2.45, 2.75) is 19.1 Å². The molecule has 1 atom stereocenters. The Labute approximate surface area is 216 Å². The molecule has 0 aliphatic carbocycles. The first-order valence-electron chi connectivity index (χ1n) is 10.7. The van der Waals surface area contributed by atoms with Gasteiger partial charge in [0.25, 0.3) is 0 Å². The molecule has 13 heteroatoms. The van der Waals surface area contributed by atoms with Gasteiger partial charge < -0.3 is 10.1 Å². The lowest BCUT2D eigenvalue weighted by Gasteiger charge is -2.33. The van der Waals surface area contributed by atoms with Crippen molar-refractivity contribution in [3.05, 3.63) is 63.6 Å². The van der Waals surface area contributed by atoms with Crippen molar-refractivity contribution in [3.63, 3.8) is 0 Å². The maximum absolute atomic E-state index is 12.4. The van der Waals surface area contributed by atoms with Gasteiger partial charge in [0.1, 0.15) is 0 Å². The zero-order valence-corrected chi connectivity index (χ0v) is 22.4. The minimum Gasteiger partial charge on any atom is -0.374 e. The van der Waals surface area contributed by atoms with Crippen LogP contribution in [0.3, 0.4) is 0 Å². The van der Waals surface area contributed by atoms with Gasteiger partial charge in [-0.2, -0.15) is 3.71 Å². The van der Waals surface area contributed by atoms with E-state index in [-0.39, 0.29) is 24.1 Å². The van der Waals surface area contributed by atoms with E-state index in [0.717, 1.165) is 24.6 Å². The third-order valence-electron chi connectivity index (χ3n) is 5.25. The second kappa shape index (κ2) is 11.4. The predicted octanol–water partition coefficient (Wildman–Crippen LogP) is 2.28. The Morgan fingerprint density at radius 2 is 1.66 bits per heavy atom. The molecule has 1 N–H and O–H groups in total. The van der Waals surface area contributed by atoms with Crippen molar-refractivity contribution in [2.24, 2.45) is 0 Å². The highest BCUT2D eigenvalue weighted by atomic mass is 35.5. The first kappa shape index (κ1) is 27.7. The fraction of sp³-hybridized carbons (Fsp3) is 0.409. The molecule has 0 aromatic heterocycles. The van der Waals surface area contributed by atoms with Crippen LogP contribution >= 0.6 is 23.2 Å². The van der Waals surface area contributed by atoms with E-state index in [2.05, 4.69) is 10.2 Å². The highest BCUT2D eigenvalue weighted by Crippen LogP contribution is 2.24. The summed E-state index contributed by atoms with van der Waals surface area (Å²) >= 11 is 12.1. The largest absolute Gasteiger partial charge is 0.374 e. The van der Waals surface area contributed by atoms with Gasteiger partial charge in [-0.15, -0.1) is 0 Å². The number of sulfonamides is 2. The second-order valence-corrected chi connectivity index (χ2v) is 13.1. The number of carbonyl (C=O) groups excluding carboxylic acids is 1. The summed E-state index contributed by atoms with van der Waals surface area (Å²) in [5, 5.41) is 3.88. The van der Waals surface area contributed by atoms with Crippen LogP contribution in [0.25, 0.3) is 0 Å². The SMILES string of the molecule is CS(=O)(=O)N(c1ccc(CC(=O)NCC2CN(Cc3ccc(Cl)c(Cl)c3)CCO2)cc1)S(C)(=O)=O. The van der Waals surface area contributed by atoms with Crippen molar-refractivity contribution in [3.8, 4) is 0 Å². The molecule has 35 heavy (non-hydrogen) atoms. The van der Waals surface area contributed by atoms with Crippen molar-refractivity contribution in [1.82, 2.24) is 10.2 Å². The predicted molar refractivity (Wildman–Crippen MR) is 137 cm³/mol. The number of halogens is 2. The van der Waals surface area contributed by atoms with Gasteiger partial charge in [0, 0.05) is 26.2 Å². The number of anilines is 1. The molecule has 0 saturated carbocycles. The van der Waals surface area contributed by atoms with Gasteiger partial charge in [-0.25, -0.2) is 16.8 Å². The van der Waals surface area contributed by atoms with Crippen LogP contribution in [0.2, 0.25) is 10.0 Å². The third kappa shape index (κ3) is 8.06. The molecule has 1 fully saturated rings. The fourth-order valence-corrected chi connectivity index (χ4v) is 7.08. The number of morpholine rings is 1. The minimum atomic E-state index is -4.03. The number of benzene rings is 2. The summed E-state index contributed by atoms with van der Waals surface area (Å²) in [5.41, 5.74) is 1.63. The van der Waals surface area contributed by atoms with Crippen LogP contribution in [-0.2, 0) is 42.5 Å². The van der Waals surface area contributed by atoms with Gasteiger partial charge in [0.05, 0.1) is 47.4 Å². The summed E-state index contributed by atoms with van der Waals surface area (Å²) in [4.78, 5) is 14.6. The van der Waals surface area contributed by atoms with E-state index in [1.807, 2.05) is 12.1 Å². The first-order valence-corrected chi connectivity index (χ1v) is 15.1. The molecule has 2 aromatic rings. The Hall–Kier alpha value is -1.89. The zero-order chi connectivity index (χ0) is 25.8. The van der Waals surface area contributed by atoms with Gasteiger partial charge in [-0.05, 0) is 35.4 Å². The molecule has 1 aliphatic rings. The van der Waals surface area contributed by atoms with Crippen molar-refractivity contribution in [1.29, 1.82) is 0 Å². The summed E-state index contributed by atoms with van der Waals surface area (Å²) in [5.74, 6) is -0.231. The normalized spacial score (nSPS) is 17.2. The zero-order valence-electron chi connectivity index (χ0n) is 19.3. The lowest BCUT2D eigenvalue weighted by Crippen LogP contribution is -2.47. The van der Waals surface area contributed by atoms with Crippen LogP contribution in [0.4, 0.5) is 5.69 Å². The molecule has 0 radical (unpaired) electrons. The van der Waals surface area contributed by atoms with Crippen LogP contribution in [0.15, 0.2) is 42.5 Å². The van der Waals surface area contributed by atoms with E-state index in [1.54, 1.807) is 6.07 Å². The maximum atomic E-state index is 12.4. The van der Waals surface area contributed by atoms with E-state index >= 15 is 0 Å². The highest BCUT2D eigenvalue weighted by molar-refractivity contribution is 8.09. The number of rotatable bonds is 9. The molecular formula is C22H27Cl2N3O6S2. The molecule has 1 amide bonds. The number of hydrogen-bond acceptors (Lipinski definition) is 7. The van der Waals surface area contributed by atoms with E-state index in [4.69, 9.17) is 27.9 Å². The Bertz CT molecular complexity index is 1240. The molecule has 192 valence electrons. The smallest absolute Gasteiger partial charge is 0.245 e. The van der Waals surface area contributed by atoms with Gasteiger partial charge in [-0.1, -0.05) is 41.4 Å². The molecule has 1 unspecified atom stereocenters. The van der Waals surface area contributed by atoms with Gasteiger partial charge in [-0.3, -0.25) is 9.69 Å². The van der Waals surface area contributed by atoms with Crippen LogP contribution in [0.5, 0.6) is 0 Å². The number of nitrogens with zero attached hydrogens (tertiary/aromatic N) is 2. The number of amides is 1. The number of carbonyl (C=O) groups is 1. The van der Waals surface area contributed by atoms with Crippen LogP contribution in [0.1, 0.15) is 11.1 Å². The number of ether oxygens (including phenoxy) is 1. The molecule has 1 heterocycles. The molecular weight excluding hydrogens is 537 g/mol. The summed E-state index contributed by atoms with van der Waals surface area (Å²) in [6.45, 7) is 2.97. The molecule has 1 saturated heterocycles. The average molecular weight is 565 g/mol. The van der Waals surface area contributed by atoms with Gasteiger partial charge in [0.2, 0.25) is 26.0 Å². The van der Waals surface area contributed by atoms with Gasteiger partial charge >= 0.3 is 0 Å². The standard InChI is InChI=1S/C22H27Cl2N3O6S2/c1-34(29,30)27(35(2,31)32)18-6-3-16(4-7-18)12-22(28)25-13-19-15-26(9-10-33-19)14-17-5-8-20(23)21(24)11-17/h3-8,11,19H,9-10,12-15H2,1-2H3,(H,25,28).